The number of benzene rings is 2. The number of nitrogens with one attached hydrogen (secondary N) is 2. The number of carbonyl (C=O) groups excluding carboxylic acids is 1. The Kier molecular flexibility index (Phi) is 5.76. The first-order chi connectivity index (χ1) is 12.6. The van der Waals surface area contributed by atoms with Crippen LogP contribution < -0.4 is 10.6 Å². The van der Waals surface area contributed by atoms with Gasteiger partial charge in [0.25, 0.3) is 0 Å². The minimum absolute atomic E-state index is 0.00492. The Morgan fingerprint density at radius 1 is 1.15 bits per heavy atom. The number of ketones is 1. The number of nitrogens with zero attached hydrogens (tertiary/aromatic N) is 3. The van der Waals surface area contributed by atoms with Crippen molar-refractivity contribution in [3.63, 3.8) is 0 Å². The number of aromatic nitrogens is 3. The summed E-state index contributed by atoms with van der Waals surface area (Å²) in [4.78, 5) is 15.9. The van der Waals surface area contributed by atoms with E-state index >= 15 is 0 Å². The van der Waals surface area contributed by atoms with Gasteiger partial charge in [0, 0.05) is 22.8 Å². The van der Waals surface area contributed by atoms with Gasteiger partial charge in [-0.25, -0.2) is 0 Å². The number of carbonyl (C=O) groups is 1. The van der Waals surface area contributed by atoms with Crippen LogP contribution in [0.2, 0.25) is 5.02 Å². The van der Waals surface area contributed by atoms with Gasteiger partial charge < -0.3 is 10.6 Å². The van der Waals surface area contributed by atoms with Gasteiger partial charge in [-0.2, -0.15) is 10.1 Å². The lowest BCUT2D eigenvalue weighted by atomic mass is 10.1. The minimum atomic E-state index is 0.00492. The van der Waals surface area contributed by atoms with Crippen molar-refractivity contribution in [1.29, 1.82) is 0 Å². The van der Waals surface area contributed by atoms with E-state index in [0.29, 0.717) is 23.9 Å². The van der Waals surface area contributed by atoms with Crippen LogP contribution in [0.4, 0.5) is 17.5 Å². The molecule has 0 spiro atoms. The fourth-order valence-electron chi connectivity index (χ4n) is 2.37. The average molecular weight is 368 g/mol. The Hall–Kier alpha value is -2.99. The lowest BCUT2D eigenvalue weighted by Gasteiger charge is -2.08. The molecular weight excluding hydrogens is 350 g/mol. The first-order valence-corrected chi connectivity index (χ1v) is 8.54. The number of Topliss-reactive ketones (excluding diaryl/α,β-unsaturated/α-hetero) is 1. The number of rotatable bonds is 7. The van der Waals surface area contributed by atoms with Crippen molar-refractivity contribution in [1.82, 2.24) is 15.2 Å². The average Bonchev–Trinajstić information content (AvgIpc) is 2.64. The second-order valence-corrected chi connectivity index (χ2v) is 6.17. The van der Waals surface area contributed by atoms with E-state index in [1.54, 1.807) is 24.4 Å². The van der Waals surface area contributed by atoms with Crippen molar-refractivity contribution in [3.05, 3.63) is 70.9 Å². The van der Waals surface area contributed by atoms with Gasteiger partial charge in [-0.05, 0) is 43.2 Å². The monoisotopic (exact) mass is 367 g/mol. The molecule has 0 atom stereocenters. The van der Waals surface area contributed by atoms with E-state index in [0.717, 1.165) is 17.1 Å². The van der Waals surface area contributed by atoms with Crippen molar-refractivity contribution >= 4 is 34.8 Å². The highest BCUT2D eigenvalue weighted by molar-refractivity contribution is 6.30. The molecule has 6 nitrogen and oxygen atoms in total. The smallest absolute Gasteiger partial charge is 0.249 e. The molecule has 0 aliphatic heterocycles. The number of anilines is 3. The van der Waals surface area contributed by atoms with Crippen molar-refractivity contribution < 1.29 is 4.79 Å². The Bertz CT molecular complexity index is 898. The van der Waals surface area contributed by atoms with Gasteiger partial charge in [0.2, 0.25) is 5.95 Å². The van der Waals surface area contributed by atoms with Crippen molar-refractivity contribution in [2.45, 2.75) is 13.3 Å². The first kappa shape index (κ1) is 17.8. The van der Waals surface area contributed by atoms with Gasteiger partial charge in [0.05, 0.1) is 6.20 Å². The first-order valence-electron chi connectivity index (χ1n) is 8.16. The molecule has 1 aromatic heterocycles. The van der Waals surface area contributed by atoms with Crippen LogP contribution in [-0.4, -0.2) is 27.5 Å². The third-order valence-corrected chi connectivity index (χ3v) is 3.97. The molecule has 7 heteroatoms. The fourth-order valence-corrected chi connectivity index (χ4v) is 2.50. The van der Waals surface area contributed by atoms with Crippen LogP contribution in [0.25, 0.3) is 0 Å². The summed E-state index contributed by atoms with van der Waals surface area (Å²) in [6, 6.07) is 14.9. The highest BCUT2D eigenvalue weighted by atomic mass is 35.5. The molecule has 1 heterocycles. The molecule has 132 valence electrons. The number of hydrogen-bond donors (Lipinski definition) is 2. The van der Waals surface area contributed by atoms with Crippen molar-refractivity contribution in [2.75, 3.05) is 17.2 Å². The summed E-state index contributed by atoms with van der Waals surface area (Å²) in [5.41, 5.74) is 2.54. The fraction of sp³-hybridized carbons (Fsp3) is 0.158. The van der Waals surface area contributed by atoms with E-state index in [1.165, 1.54) is 12.5 Å². The largest absolute Gasteiger partial charge is 0.368 e. The lowest BCUT2D eigenvalue weighted by Crippen LogP contribution is -2.09. The molecule has 0 saturated heterocycles. The van der Waals surface area contributed by atoms with Gasteiger partial charge in [-0.3, -0.25) is 4.79 Å². The second kappa shape index (κ2) is 8.40. The van der Waals surface area contributed by atoms with Crippen molar-refractivity contribution in [2.24, 2.45) is 0 Å². The van der Waals surface area contributed by atoms with Crippen LogP contribution >= 0.6 is 11.6 Å². The summed E-state index contributed by atoms with van der Waals surface area (Å²) in [6.45, 7) is 2.24. The lowest BCUT2D eigenvalue weighted by molar-refractivity contribution is 0.101. The maximum atomic E-state index is 11.5. The van der Waals surface area contributed by atoms with Gasteiger partial charge in [-0.1, -0.05) is 35.9 Å². The zero-order valence-electron chi connectivity index (χ0n) is 14.2. The zero-order chi connectivity index (χ0) is 18.4. The normalized spacial score (nSPS) is 10.4. The van der Waals surface area contributed by atoms with Gasteiger partial charge in [0.1, 0.15) is 0 Å². The van der Waals surface area contributed by atoms with Crippen LogP contribution in [0.3, 0.4) is 0 Å². The van der Waals surface area contributed by atoms with E-state index < -0.39 is 0 Å². The molecule has 2 aromatic carbocycles. The summed E-state index contributed by atoms with van der Waals surface area (Å²) in [7, 11) is 0. The van der Waals surface area contributed by atoms with Gasteiger partial charge in [0.15, 0.2) is 11.6 Å². The molecule has 0 aliphatic carbocycles. The second-order valence-electron chi connectivity index (χ2n) is 5.73. The molecule has 0 radical (unpaired) electrons. The molecule has 2 N–H and O–H groups in total. The summed E-state index contributed by atoms with van der Waals surface area (Å²) >= 11 is 5.89. The van der Waals surface area contributed by atoms with E-state index in [1.807, 2.05) is 30.3 Å². The molecule has 0 fully saturated rings. The van der Waals surface area contributed by atoms with Crippen LogP contribution in [-0.2, 0) is 6.42 Å². The topological polar surface area (TPSA) is 79.8 Å². The molecule has 3 aromatic rings. The molecule has 0 saturated carbocycles. The Balaban J connectivity index is 1.60. The zero-order valence-corrected chi connectivity index (χ0v) is 15.0. The van der Waals surface area contributed by atoms with Crippen molar-refractivity contribution in [3.8, 4) is 0 Å². The van der Waals surface area contributed by atoms with E-state index in [-0.39, 0.29) is 5.78 Å². The van der Waals surface area contributed by atoms with E-state index in [4.69, 9.17) is 11.6 Å². The minimum Gasteiger partial charge on any atom is -0.368 e. The molecular formula is C19H18ClN5O. The maximum absolute atomic E-state index is 11.5. The third-order valence-electron chi connectivity index (χ3n) is 3.72. The highest BCUT2D eigenvalue weighted by Crippen LogP contribution is 2.16. The van der Waals surface area contributed by atoms with Crippen LogP contribution in [0.15, 0.2) is 54.7 Å². The quantitative estimate of drug-likeness (QED) is 0.611. The molecule has 3 rings (SSSR count). The Morgan fingerprint density at radius 2 is 1.96 bits per heavy atom. The van der Waals surface area contributed by atoms with Crippen LogP contribution in [0.5, 0.6) is 0 Å². The molecule has 0 amide bonds. The van der Waals surface area contributed by atoms with Crippen LogP contribution in [0, 0.1) is 0 Å². The van der Waals surface area contributed by atoms with Crippen LogP contribution in [0.1, 0.15) is 22.8 Å². The highest BCUT2D eigenvalue weighted by Gasteiger charge is 2.04. The molecule has 0 aliphatic rings. The molecule has 0 unspecified atom stereocenters. The number of halogens is 1. The maximum Gasteiger partial charge on any atom is 0.249 e. The SMILES string of the molecule is CC(=O)c1cccc(Nc2nncc(NCCc3ccc(Cl)cc3)n2)c1. The van der Waals surface area contributed by atoms with Gasteiger partial charge in [-0.15, -0.1) is 5.10 Å². The molecule has 0 bridgehead atoms. The summed E-state index contributed by atoms with van der Waals surface area (Å²) < 4.78 is 0. The standard InChI is InChI=1S/C19H18ClN5O/c1-13(26)15-3-2-4-17(11-15)23-19-24-18(12-22-25-19)21-10-9-14-5-7-16(20)8-6-14/h2-8,11-12H,9-10H2,1H3,(H2,21,23,24,25). The number of hydrogen-bond acceptors (Lipinski definition) is 6. The summed E-state index contributed by atoms with van der Waals surface area (Å²) in [6.07, 6.45) is 2.41. The van der Waals surface area contributed by atoms with Gasteiger partial charge >= 0.3 is 0 Å². The van der Waals surface area contributed by atoms with E-state index in [2.05, 4.69) is 25.8 Å². The third kappa shape index (κ3) is 5.00. The molecule has 26 heavy (non-hydrogen) atoms. The summed E-state index contributed by atoms with van der Waals surface area (Å²) in [5.74, 6) is 0.992. The predicted octanol–water partition coefficient (Wildman–Crippen LogP) is 4.13. The predicted molar refractivity (Wildman–Crippen MR) is 103 cm³/mol. The summed E-state index contributed by atoms with van der Waals surface area (Å²) in [5, 5.41) is 14.9. The van der Waals surface area contributed by atoms with E-state index in [9.17, 15) is 4.79 Å². The Labute approximate surface area is 156 Å². The Morgan fingerprint density at radius 3 is 2.73 bits per heavy atom.